The summed E-state index contributed by atoms with van der Waals surface area (Å²) >= 11 is 0. The van der Waals surface area contributed by atoms with Crippen LogP contribution in [0.15, 0.2) is 48.7 Å². The number of fused-ring (bicyclic) bond motifs is 1. The van der Waals surface area contributed by atoms with E-state index in [-0.39, 0.29) is 5.91 Å². The summed E-state index contributed by atoms with van der Waals surface area (Å²) in [7, 11) is 2.21. The molecular formula is C21H25N3O. The second kappa shape index (κ2) is 6.96. The summed E-state index contributed by atoms with van der Waals surface area (Å²) in [5.74, 6) is 1.47. The molecule has 2 fully saturated rings. The number of carbonyl (C=O) groups is 1. The first kappa shape index (κ1) is 16.3. The summed E-state index contributed by atoms with van der Waals surface area (Å²) in [4.78, 5) is 18.5. The number of benzene rings is 1. The van der Waals surface area contributed by atoms with Gasteiger partial charge in [0, 0.05) is 37.3 Å². The fourth-order valence-electron chi connectivity index (χ4n) is 4.33. The number of amides is 1. The van der Waals surface area contributed by atoms with E-state index >= 15 is 0 Å². The molecule has 1 aliphatic carbocycles. The molecule has 2 aromatic rings. The van der Waals surface area contributed by atoms with Gasteiger partial charge in [0.1, 0.15) is 0 Å². The minimum absolute atomic E-state index is 0.231. The van der Waals surface area contributed by atoms with Crippen LogP contribution in [0.2, 0.25) is 0 Å². The number of rotatable bonds is 4. The molecule has 0 spiro atoms. The molecule has 0 unspecified atom stereocenters. The molecule has 130 valence electrons. The molecule has 1 aliphatic heterocycles. The number of aromatic nitrogens is 1. The molecule has 4 heteroatoms. The van der Waals surface area contributed by atoms with Gasteiger partial charge in [-0.15, -0.1) is 0 Å². The standard InChI is InChI=1S/C21H25N3O/c1-24(19-10-17-12-21(25)23-13-18(17)11-19)14-15-5-7-16(8-6-15)20-4-2-3-9-22-20/h2-9,17-19H,10-14H2,1H3,(H,23,25)/t17-,18+,19-/m0/s1. The third-order valence-electron chi connectivity index (χ3n) is 5.80. The molecule has 4 rings (SSSR count). The number of hydrogen-bond donors (Lipinski definition) is 1. The van der Waals surface area contributed by atoms with Crippen LogP contribution in [-0.2, 0) is 11.3 Å². The Morgan fingerprint density at radius 3 is 2.68 bits per heavy atom. The van der Waals surface area contributed by atoms with Gasteiger partial charge in [-0.05, 0) is 49.4 Å². The zero-order valence-corrected chi connectivity index (χ0v) is 14.7. The van der Waals surface area contributed by atoms with Crippen LogP contribution in [0.25, 0.3) is 11.3 Å². The lowest BCUT2D eigenvalue weighted by molar-refractivity contribution is -0.124. The van der Waals surface area contributed by atoms with Gasteiger partial charge in [0.2, 0.25) is 5.91 Å². The van der Waals surface area contributed by atoms with Crippen molar-refractivity contribution in [2.45, 2.75) is 31.8 Å². The fourth-order valence-corrected chi connectivity index (χ4v) is 4.33. The average molecular weight is 335 g/mol. The molecule has 1 aromatic heterocycles. The van der Waals surface area contributed by atoms with Crippen molar-refractivity contribution >= 4 is 5.91 Å². The molecule has 4 nitrogen and oxygen atoms in total. The lowest BCUT2D eigenvalue weighted by Crippen LogP contribution is -2.38. The van der Waals surface area contributed by atoms with Gasteiger partial charge in [-0.25, -0.2) is 0 Å². The summed E-state index contributed by atoms with van der Waals surface area (Å²) in [5, 5.41) is 3.02. The van der Waals surface area contributed by atoms with Gasteiger partial charge in [-0.2, -0.15) is 0 Å². The van der Waals surface area contributed by atoms with E-state index < -0.39 is 0 Å². The quantitative estimate of drug-likeness (QED) is 0.934. The number of hydrogen-bond acceptors (Lipinski definition) is 3. The van der Waals surface area contributed by atoms with Gasteiger partial charge in [0.15, 0.2) is 0 Å². The Hall–Kier alpha value is -2.20. The fraction of sp³-hybridized carbons (Fsp3) is 0.429. The van der Waals surface area contributed by atoms with Gasteiger partial charge >= 0.3 is 0 Å². The molecule has 1 N–H and O–H groups in total. The first-order chi connectivity index (χ1) is 12.2. The Morgan fingerprint density at radius 2 is 1.92 bits per heavy atom. The van der Waals surface area contributed by atoms with Crippen LogP contribution in [0.4, 0.5) is 0 Å². The van der Waals surface area contributed by atoms with Crippen molar-refractivity contribution < 1.29 is 4.79 Å². The molecule has 2 heterocycles. The van der Waals surface area contributed by atoms with Crippen molar-refractivity contribution in [3.63, 3.8) is 0 Å². The second-order valence-electron chi connectivity index (χ2n) is 7.48. The maximum atomic E-state index is 11.6. The highest BCUT2D eigenvalue weighted by Gasteiger charge is 2.39. The molecule has 25 heavy (non-hydrogen) atoms. The maximum absolute atomic E-state index is 11.6. The van der Waals surface area contributed by atoms with E-state index in [4.69, 9.17) is 0 Å². The summed E-state index contributed by atoms with van der Waals surface area (Å²) in [5.41, 5.74) is 3.49. The Labute approximate surface area is 149 Å². The van der Waals surface area contributed by atoms with Gasteiger partial charge in [0.25, 0.3) is 0 Å². The zero-order chi connectivity index (χ0) is 17.2. The van der Waals surface area contributed by atoms with Crippen molar-refractivity contribution in [3.05, 3.63) is 54.2 Å². The van der Waals surface area contributed by atoms with Crippen LogP contribution in [0.1, 0.15) is 24.8 Å². The predicted octanol–water partition coefficient (Wildman–Crippen LogP) is 3.10. The monoisotopic (exact) mass is 335 g/mol. The molecule has 1 amide bonds. The summed E-state index contributed by atoms with van der Waals surface area (Å²) in [6.45, 7) is 1.82. The summed E-state index contributed by atoms with van der Waals surface area (Å²) in [6, 6.07) is 15.3. The zero-order valence-electron chi connectivity index (χ0n) is 14.7. The second-order valence-corrected chi connectivity index (χ2v) is 7.48. The van der Waals surface area contributed by atoms with E-state index in [1.807, 2.05) is 24.4 Å². The van der Waals surface area contributed by atoms with Crippen LogP contribution in [0, 0.1) is 11.8 Å². The van der Waals surface area contributed by atoms with Crippen molar-refractivity contribution in [2.75, 3.05) is 13.6 Å². The average Bonchev–Trinajstić information content (AvgIpc) is 3.06. The molecule has 2 aliphatic rings. The predicted molar refractivity (Wildman–Crippen MR) is 98.8 cm³/mol. The van der Waals surface area contributed by atoms with Gasteiger partial charge < -0.3 is 5.32 Å². The van der Waals surface area contributed by atoms with Gasteiger partial charge in [-0.3, -0.25) is 14.7 Å². The van der Waals surface area contributed by atoms with E-state index in [1.165, 1.54) is 12.0 Å². The molecule has 1 saturated carbocycles. The van der Waals surface area contributed by atoms with E-state index in [0.29, 0.717) is 24.3 Å². The van der Waals surface area contributed by atoms with Crippen molar-refractivity contribution in [2.24, 2.45) is 11.8 Å². The topological polar surface area (TPSA) is 45.2 Å². The van der Waals surface area contributed by atoms with Crippen molar-refractivity contribution in [1.82, 2.24) is 15.2 Å². The van der Waals surface area contributed by atoms with Crippen molar-refractivity contribution in [3.8, 4) is 11.3 Å². The van der Waals surface area contributed by atoms with E-state index in [0.717, 1.165) is 30.8 Å². The Morgan fingerprint density at radius 1 is 1.12 bits per heavy atom. The highest BCUT2D eigenvalue weighted by atomic mass is 16.1. The SMILES string of the molecule is CN(Cc1ccc(-c2ccccn2)cc1)[C@H]1C[C@H]2CC(=O)NC[C@H]2C1. The minimum Gasteiger partial charge on any atom is -0.356 e. The summed E-state index contributed by atoms with van der Waals surface area (Å²) in [6.07, 6.45) is 4.90. The van der Waals surface area contributed by atoms with Crippen LogP contribution in [-0.4, -0.2) is 35.4 Å². The molecule has 0 bridgehead atoms. The normalized spacial score (nSPS) is 25.7. The third kappa shape index (κ3) is 3.59. The lowest BCUT2D eigenvalue weighted by atomic mass is 9.89. The van der Waals surface area contributed by atoms with E-state index in [9.17, 15) is 4.79 Å². The highest BCUT2D eigenvalue weighted by molar-refractivity contribution is 5.77. The summed E-state index contributed by atoms with van der Waals surface area (Å²) < 4.78 is 0. The minimum atomic E-state index is 0.231. The number of carbonyl (C=O) groups excluding carboxylic acids is 1. The molecule has 0 radical (unpaired) electrons. The number of nitrogens with one attached hydrogen (secondary N) is 1. The number of pyridine rings is 1. The molecular weight excluding hydrogens is 310 g/mol. The largest absolute Gasteiger partial charge is 0.356 e. The van der Waals surface area contributed by atoms with Crippen LogP contribution in [0.5, 0.6) is 0 Å². The first-order valence-electron chi connectivity index (χ1n) is 9.16. The first-order valence-corrected chi connectivity index (χ1v) is 9.16. The van der Waals surface area contributed by atoms with Crippen LogP contribution < -0.4 is 5.32 Å². The maximum Gasteiger partial charge on any atom is 0.220 e. The van der Waals surface area contributed by atoms with Crippen LogP contribution in [0.3, 0.4) is 0 Å². The number of piperidine rings is 1. The highest BCUT2D eigenvalue weighted by Crippen LogP contribution is 2.38. The molecule has 1 aromatic carbocycles. The third-order valence-corrected chi connectivity index (χ3v) is 5.80. The van der Waals surface area contributed by atoms with E-state index in [2.05, 4.69) is 46.5 Å². The van der Waals surface area contributed by atoms with Gasteiger partial charge in [-0.1, -0.05) is 30.3 Å². The Bertz CT molecular complexity index is 729. The van der Waals surface area contributed by atoms with Crippen LogP contribution >= 0.6 is 0 Å². The molecule has 1 saturated heterocycles. The number of nitrogens with zero attached hydrogens (tertiary/aromatic N) is 2. The smallest absolute Gasteiger partial charge is 0.220 e. The Balaban J connectivity index is 1.38. The molecule has 3 atom stereocenters. The van der Waals surface area contributed by atoms with Crippen molar-refractivity contribution in [1.29, 1.82) is 0 Å². The van der Waals surface area contributed by atoms with E-state index in [1.54, 1.807) is 0 Å². The Kier molecular flexibility index (Phi) is 4.53. The lowest BCUT2D eigenvalue weighted by Gasteiger charge is -2.24. The van der Waals surface area contributed by atoms with Gasteiger partial charge in [0.05, 0.1) is 5.69 Å².